The van der Waals surface area contributed by atoms with Crippen molar-refractivity contribution in [2.24, 2.45) is 0 Å². The predicted octanol–water partition coefficient (Wildman–Crippen LogP) is 2.86. The van der Waals surface area contributed by atoms with Gasteiger partial charge in [0.15, 0.2) is 0 Å². The molecule has 136 valence electrons. The molecule has 0 bridgehead atoms. The summed E-state index contributed by atoms with van der Waals surface area (Å²) in [6.07, 6.45) is 0. The minimum Gasteiger partial charge on any atom is -0.434 e. The van der Waals surface area contributed by atoms with E-state index in [2.05, 4.69) is 38.5 Å². The monoisotopic (exact) mass is 352 g/mol. The van der Waals surface area contributed by atoms with Crippen LogP contribution in [0.2, 0.25) is 0 Å². The molecular weight excluding hydrogens is 330 g/mol. The molecule has 1 aliphatic heterocycles. The van der Waals surface area contributed by atoms with Gasteiger partial charge in [-0.15, -0.1) is 0 Å². The van der Waals surface area contributed by atoms with Gasteiger partial charge in [0, 0.05) is 32.2 Å². The van der Waals surface area contributed by atoms with Gasteiger partial charge in [-0.05, 0) is 26.0 Å². The van der Waals surface area contributed by atoms with E-state index in [0.717, 1.165) is 26.2 Å². The summed E-state index contributed by atoms with van der Waals surface area (Å²) in [5.74, 6) is 0.766. The fraction of sp³-hybridized carbons (Fsp3) is 0.529. The Bertz CT molecular complexity index is 685. The van der Waals surface area contributed by atoms with E-state index in [1.165, 1.54) is 6.07 Å². The summed E-state index contributed by atoms with van der Waals surface area (Å²) < 4.78 is 34.9. The molecule has 0 N–H and O–H groups in total. The molecule has 2 heterocycles. The van der Waals surface area contributed by atoms with Crippen molar-refractivity contribution in [3.63, 3.8) is 0 Å². The second-order valence-corrected chi connectivity index (χ2v) is 6.29. The van der Waals surface area contributed by atoms with Gasteiger partial charge in [0.25, 0.3) is 0 Å². The van der Waals surface area contributed by atoms with E-state index in [4.69, 9.17) is 4.52 Å². The molecule has 3 rings (SSSR count). The molecule has 0 aliphatic carbocycles. The average Bonchev–Trinajstić information content (AvgIpc) is 3.03. The third-order valence-electron chi connectivity index (χ3n) is 4.31. The van der Waals surface area contributed by atoms with Crippen molar-refractivity contribution in [2.75, 3.05) is 26.2 Å². The number of nitrogens with zero attached hydrogens (tertiary/aromatic N) is 4. The molecule has 1 saturated heterocycles. The molecular formula is C17H22F2N4O2. The van der Waals surface area contributed by atoms with Gasteiger partial charge in [-0.25, -0.2) is 0 Å². The number of aromatic nitrogens is 2. The molecule has 25 heavy (non-hydrogen) atoms. The van der Waals surface area contributed by atoms with Crippen LogP contribution in [0.25, 0.3) is 11.4 Å². The fourth-order valence-corrected chi connectivity index (χ4v) is 2.91. The molecule has 0 saturated carbocycles. The van der Waals surface area contributed by atoms with Crippen LogP contribution in [0.3, 0.4) is 0 Å². The lowest BCUT2D eigenvalue weighted by Crippen LogP contribution is -2.48. The number of para-hydroxylation sites is 1. The highest BCUT2D eigenvalue weighted by atomic mass is 19.3. The lowest BCUT2D eigenvalue weighted by molar-refractivity contribution is -0.0494. The zero-order chi connectivity index (χ0) is 17.8. The predicted molar refractivity (Wildman–Crippen MR) is 88.4 cm³/mol. The van der Waals surface area contributed by atoms with Gasteiger partial charge >= 0.3 is 6.61 Å². The minimum absolute atomic E-state index is 0.0374. The summed E-state index contributed by atoms with van der Waals surface area (Å²) in [7, 11) is 0. The molecule has 8 heteroatoms. The molecule has 0 spiro atoms. The van der Waals surface area contributed by atoms with Crippen LogP contribution < -0.4 is 4.74 Å². The van der Waals surface area contributed by atoms with Crippen LogP contribution in [0.1, 0.15) is 19.7 Å². The molecule has 1 aliphatic rings. The van der Waals surface area contributed by atoms with Crippen molar-refractivity contribution in [1.82, 2.24) is 19.9 Å². The number of hydrogen-bond acceptors (Lipinski definition) is 6. The highest BCUT2D eigenvalue weighted by Gasteiger charge is 2.21. The van der Waals surface area contributed by atoms with Gasteiger partial charge in [-0.3, -0.25) is 9.80 Å². The Morgan fingerprint density at radius 3 is 2.56 bits per heavy atom. The van der Waals surface area contributed by atoms with Crippen LogP contribution in [0.5, 0.6) is 5.75 Å². The number of hydrogen-bond donors (Lipinski definition) is 0. The van der Waals surface area contributed by atoms with Crippen LogP contribution in [0.15, 0.2) is 28.8 Å². The Labute approximate surface area is 145 Å². The largest absolute Gasteiger partial charge is 0.434 e. The molecule has 1 aromatic carbocycles. The van der Waals surface area contributed by atoms with Crippen molar-refractivity contribution < 1.29 is 18.0 Å². The second kappa shape index (κ2) is 7.88. The maximum atomic E-state index is 12.5. The smallest absolute Gasteiger partial charge is 0.387 e. The van der Waals surface area contributed by atoms with Crippen molar-refractivity contribution in [3.8, 4) is 17.1 Å². The number of piperazine rings is 1. The summed E-state index contributed by atoms with van der Waals surface area (Å²) in [5.41, 5.74) is 0.391. The Hall–Kier alpha value is -2.06. The SMILES string of the molecule is CC(C)N1CCN(Cc2nc(-c3ccccc3OC(F)F)no2)CC1. The van der Waals surface area contributed by atoms with Crippen LogP contribution in [-0.2, 0) is 6.54 Å². The Balaban J connectivity index is 1.66. The van der Waals surface area contributed by atoms with Gasteiger partial charge in [0.05, 0.1) is 12.1 Å². The van der Waals surface area contributed by atoms with Crippen LogP contribution in [-0.4, -0.2) is 58.8 Å². The van der Waals surface area contributed by atoms with Crippen LogP contribution in [0, 0.1) is 0 Å². The Kier molecular flexibility index (Phi) is 5.60. The van der Waals surface area contributed by atoms with E-state index < -0.39 is 6.61 Å². The zero-order valence-corrected chi connectivity index (χ0v) is 14.4. The third-order valence-corrected chi connectivity index (χ3v) is 4.31. The lowest BCUT2D eigenvalue weighted by Gasteiger charge is -2.36. The molecule has 2 aromatic rings. The highest BCUT2D eigenvalue weighted by Crippen LogP contribution is 2.29. The average molecular weight is 352 g/mol. The van der Waals surface area contributed by atoms with Gasteiger partial charge < -0.3 is 9.26 Å². The number of alkyl halides is 2. The van der Waals surface area contributed by atoms with Gasteiger partial charge in [0.2, 0.25) is 11.7 Å². The van der Waals surface area contributed by atoms with E-state index >= 15 is 0 Å². The van der Waals surface area contributed by atoms with E-state index in [0.29, 0.717) is 24.0 Å². The summed E-state index contributed by atoms with van der Waals surface area (Å²) in [4.78, 5) is 9.01. The molecule has 0 unspecified atom stereocenters. The maximum Gasteiger partial charge on any atom is 0.387 e. The van der Waals surface area contributed by atoms with E-state index in [9.17, 15) is 8.78 Å². The summed E-state index contributed by atoms with van der Waals surface area (Å²) in [6, 6.07) is 6.98. The normalized spacial score (nSPS) is 16.7. The van der Waals surface area contributed by atoms with Gasteiger partial charge in [-0.2, -0.15) is 13.8 Å². The van der Waals surface area contributed by atoms with Gasteiger partial charge in [0.1, 0.15) is 5.75 Å². The van der Waals surface area contributed by atoms with Crippen molar-refractivity contribution in [1.29, 1.82) is 0 Å². The van der Waals surface area contributed by atoms with Crippen LogP contribution in [0.4, 0.5) is 8.78 Å². The van der Waals surface area contributed by atoms with Crippen molar-refractivity contribution >= 4 is 0 Å². The number of ether oxygens (including phenoxy) is 1. The summed E-state index contributed by atoms with van der Waals surface area (Å²) >= 11 is 0. The molecule has 6 nitrogen and oxygen atoms in total. The van der Waals surface area contributed by atoms with E-state index in [1.807, 2.05) is 0 Å². The fourth-order valence-electron chi connectivity index (χ4n) is 2.91. The highest BCUT2D eigenvalue weighted by molar-refractivity contribution is 5.63. The van der Waals surface area contributed by atoms with Crippen LogP contribution >= 0.6 is 0 Å². The maximum absolute atomic E-state index is 12.5. The minimum atomic E-state index is -2.90. The quantitative estimate of drug-likeness (QED) is 0.797. The first-order chi connectivity index (χ1) is 12.0. The number of benzene rings is 1. The van der Waals surface area contributed by atoms with Crippen molar-refractivity contribution in [2.45, 2.75) is 33.0 Å². The standard InChI is InChI=1S/C17H22F2N4O2/c1-12(2)23-9-7-22(8-10-23)11-15-20-16(21-25-15)13-5-3-4-6-14(13)24-17(18)19/h3-6,12,17H,7-11H2,1-2H3. The first-order valence-electron chi connectivity index (χ1n) is 8.36. The molecule has 0 radical (unpaired) electrons. The third kappa shape index (κ3) is 4.52. The summed E-state index contributed by atoms with van der Waals surface area (Å²) in [6.45, 7) is 5.91. The van der Waals surface area contributed by atoms with E-state index in [1.54, 1.807) is 18.2 Å². The molecule has 1 aromatic heterocycles. The summed E-state index contributed by atoms with van der Waals surface area (Å²) in [5, 5.41) is 3.91. The number of halogens is 2. The van der Waals surface area contributed by atoms with Crippen molar-refractivity contribution in [3.05, 3.63) is 30.2 Å². The zero-order valence-electron chi connectivity index (χ0n) is 14.4. The van der Waals surface area contributed by atoms with Gasteiger partial charge in [-0.1, -0.05) is 17.3 Å². The molecule has 0 atom stereocenters. The molecule has 1 fully saturated rings. The first-order valence-corrected chi connectivity index (χ1v) is 8.36. The van der Waals surface area contributed by atoms with E-state index in [-0.39, 0.29) is 11.6 Å². The Morgan fingerprint density at radius 1 is 1.16 bits per heavy atom. The first kappa shape index (κ1) is 17.8. The number of rotatable bonds is 6. The lowest BCUT2D eigenvalue weighted by atomic mass is 10.2. The topological polar surface area (TPSA) is 54.6 Å². The Morgan fingerprint density at radius 2 is 1.88 bits per heavy atom. The second-order valence-electron chi connectivity index (χ2n) is 6.29. The molecule has 0 amide bonds.